The van der Waals surface area contributed by atoms with Crippen molar-refractivity contribution in [2.45, 2.75) is 85.5 Å². The van der Waals surface area contributed by atoms with E-state index in [9.17, 15) is 0 Å². The largest absolute Gasteiger partial charge is 0.364 e. The van der Waals surface area contributed by atoms with Gasteiger partial charge >= 0.3 is 0 Å². The van der Waals surface area contributed by atoms with Crippen molar-refractivity contribution in [2.24, 2.45) is 0 Å². The minimum atomic E-state index is -0.437. The molecule has 0 saturated heterocycles. The molecule has 0 aromatic rings. The van der Waals surface area contributed by atoms with Crippen LogP contribution in [-0.2, 0) is 23.7 Å². The van der Waals surface area contributed by atoms with E-state index in [1.807, 2.05) is 27.7 Å². The molecule has 30 heavy (non-hydrogen) atoms. The fourth-order valence-corrected chi connectivity index (χ4v) is 6.53. The normalized spacial score (nSPS) is 14.7. The molecule has 0 bridgehead atoms. The third kappa shape index (κ3) is 11.5. The molecule has 0 aliphatic rings. The molecule has 182 valence electrons. The van der Waals surface area contributed by atoms with Gasteiger partial charge in [0.25, 0.3) is 0 Å². The van der Waals surface area contributed by atoms with Crippen molar-refractivity contribution in [3.8, 4) is 0 Å². The molecule has 0 aliphatic carbocycles. The van der Waals surface area contributed by atoms with Crippen LogP contribution in [0.3, 0.4) is 0 Å². The molecule has 0 aliphatic heterocycles. The second-order valence-electron chi connectivity index (χ2n) is 6.89. The summed E-state index contributed by atoms with van der Waals surface area (Å²) in [6.07, 6.45) is 3.90. The van der Waals surface area contributed by atoms with Gasteiger partial charge < -0.3 is 23.7 Å². The number of hydrogen-bond donors (Lipinski definition) is 0. The monoisotopic (exact) mass is 469 g/mol. The van der Waals surface area contributed by atoms with E-state index in [0.717, 1.165) is 44.9 Å². The summed E-state index contributed by atoms with van der Waals surface area (Å²) in [4.78, 5) is 2.43. The van der Waals surface area contributed by atoms with Crippen molar-refractivity contribution in [3.63, 3.8) is 0 Å². The fraction of sp³-hybridized carbons (Fsp3) is 1.00. The van der Waals surface area contributed by atoms with E-state index in [2.05, 4.69) is 32.6 Å². The second-order valence-corrected chi connectivity index (χ2v) is 10.1. The van der Waals surface area contributed by atoms with Gasteiger partial charge in [0.2, 0.25) is 0 Å². The summed E-state index contributed by atoms with van der Waals surface area (Å²) >= 11 is 0. The van der Waals surface area contributed by atoms with Gasteiger partial charge in [0.15, 0.2) is 11.1 Å². The first-order valence-corrected chi connectivity index (χ1v) is 14.2. The molecule has 0 spiro atoms. The van der Waals surface area contributed by atoms with Crippen LogP contribution in [0.15, 0.2) is 0 Å². The van der Waals surface area contributed by atoms with Crippen molar-refractivity contribution in [1.82, 2.24) is 4.90 Å². The third-order valence-electron chi connectivity index (χ3n) is 4.95. The standard InChI is InChI=1S/C22H49NO5P2/c1-9-21(25-12-4,26-13-5)29-18-16-23(20(8)24-11-3)17-19-30-22(10-2,27-14-6)28-15-7/h20,29-30H,9-19H2,1-8H3. The van der Waals surface area contributed by atoms with Crippen LogP contribution >= 0.6 is 17.2 Å². The molecule has 0 saturated carbocycles. The highest BCUT2D eigenvalue weighted by Crippen LogP contribution is 2.39. The zero-order valence-electron chi connectivity index (χ0n) is 20.8. The average Bonchev–Trinajstić information content (AvgIpc) is 2.73. The molecular weight excluding hydrogens is 420 g/mol. The zero-order chi connectivity index (χ0) is 22.9. The van der Waals surface area contributed by atoms with E-state index < -0.39 is 11.1 Å². The van der Waals surface area contributed by atoms with Gasteiger partial charge in [-0.2, -0.15) is 0 Å². The van der Waals surface area contributed by atoms with E-state index in [1.165, 1.54) is 0 Å². The molecule has 0 radical (unpaired) electrons. The smallest absolute Gasteiger partial charge is 0.183 e. The van der Waals surface area contributed by atoms with Crippen LogP contribution in [-0.4, -0.2) is 80.6 Å². The highest BCUT2D eigenvalue weighted by Gasteiger charge is 2.31. The highest BCUT2D eigenvalue weighted by molar-refractivity contribution is 7.39. The van der Waals surface area contributed by atoms with Gasteiger partial charge in [0.05, 0.1) is 0 Å². The zero-order valence-corrected chi connectivity index (χ0v) is 22.8. The van der Waals surface area contributed by atoms with Gasteiger partial charge in [-0.3, -0.25) is 4.90 Å². The summed E-state index contributed by atoms with van der Waals surface area (Å²) in [7, 11) is 1.20. The summed E-state index contributed by atoms with van der Waals surface area (Å²) in [5, 5.41) is 0. The first-order chi connectivity index (χ1) is 14.4. The molecule has 3 unspecified atom stereocenters. The molecule has 0 heterocycles. The Balaban J connectivity index is 4.91. The fourth-order valence-electron chi connectivity index (χ4n) is 3.48. The van der Waals surface area contributed by atoms with Crippen molar-refractivity contribution in [1.29, 1.82) is 0 Å². The quantitative estimate of drug-likeness (QED) is 0.168. The van der Waals surface area contributed by atoms with Crippen LogP contribution < -0.4 is 0 Å². The average molecular weight is 470 g/mol. The van der Waals surface area contributed by atoms with Gasteiger partial charge in [-0.25, -0.2) is 0 Å². The number of rotatable bonds is 21. The molecule has 0 fully saturated rings. The maximum Gasteiger partial charge on any atom is 0.183 e. The topological polar surface area (TPSA) is 49.4 Å². The van der Waals surface area contributed by atoms with Crippen LogP contribution in [0, 0.1) is 0 Å². The third-order valence-corrected chi connectivity index (χ3v) is 8.26. The van der Waals surface area contributed by atoms with Crippen molar-refractivity contribution < 1.29 is 23.7 Å². The number of nitrogens with zero attached hydrogens (tertiary/aromatic N) is 1. The lowest BCUT2D eigenvalue weighted by atomic mass is 10.4. The molecule has 0 aromatic carbocycles. The predicted octanol–water partition coefficient (Wildman–Crippen LogP) is 5.30. The second kappa shape index (κ2) is 18.1. The maximum atomic E-state index is 6.01. The summed E-state index contributed by atoms with van der Waals surface area (Å²) in [6, 6.07) is 0. The van der Waals surface area contributed by atoms with Gasteiger partial charge in [-0.05, 0) is 53.9 Å². The first kappa shape index (κ1) is 30.6. The van der Waals surface area contributed by atoms with E-state index in [-0.39, 0.29) is 6.23 Å². The SMILES string of the molecule is CCOC(C)N(CCPC(CC)(OCC)OCC)CCPC(CC)(OCC)OCC. The Morgan fingerprint density at radius 3 is 1.27 bits per heavy atom. The number of hydrogen-bond acceptors (Lipinski definition) is 6. The first-order valence-electron chi connectivity index (χ1n) is 11.8. The van der Waals surface area contributed by atoms with Crippen LogP contribution in [0.5, 0.6) is 0 Å². The summed E-state index contributed by atoms with van der Waals surface area (Å²) in [5.41, 5.74) is -0.875. The Morgan fingerprint density at radius 2 is 1.00 bits per heavy atom. The lowest BCUT2D eigenvalue weighted by Gasteiger charge is -2.35. The lowest BCUT2D eigenvalue weighted by Crippen LogP contribution is -2.40. The van der Waals surface area contributed by atoms with Crippen molar-refractivity contribution in [3.05, 3.63) is 0 Å². The summed E-state index contributed by atoms with van der Waals surface area (Å²) < 4.78 is 30.0. The Morgan fingerprint density at radius 1 is 0.633 bits per heavy atom. The molecular formula is C22H49NO5P2. The summed E-state index contributed by atoms with van der Waals surface area (Å²) in [5.74, 6) is 0. The Kier molecular flexibility index (Phi) is 18.5. The molecule has 0 rings (SSSR count). The highest BCUT2D eigenvalue weighted by atomic mass is 31.1. The van der Waals surface area contributed by atoms with Crippen LogP contribution in [0.25, 0.3) is 0 Å². The molecule has 0 amide bonds. The maximum absolute atomic E-state index is 6.01. The van der Waals surface area contributed by atoms with Gasteiger partial charge in [0.1, 0.15) is 6.23 Å². The van der Waals surface area contributed by atoms with Gasteiger partial charge in [-0.1, -0.05) is 31.0 Å². The summed E-state index contributed by atoms with van der Waals surface area (Å²) in [6.45, 7) is 22.0. The van der Waals surface area contributed by atoms with Gasteiger partial charge in [0, 0.05) is 59.0 Å². The minimum absolute atomic E-state index is 0.0926. The van der Waals surface area contributed by atoms with Crippen molar-refractivity contribution in [2.75, 3.05) is 58.4 Å². The van der Waals surface area contributed by atoms with E-state index in [4.69, 9.17) is 23.7 Å². The van der Waals surface area contributed by atoms with Crippen LogP contribution in [0.2, 0.25) is 0 Å². The van der Waals surface area contributed by atoms with E-state index in [1.54, 1.807) is 0 Å². The lowest BCUT2D eigenvalue weighted by molar-refractivity contribution is -0.169. The van der Waals surface area contributed by atoms with E-state index in [0.29, 0.717) is 43.6 Å². The molecule has 0 aromatic heterocycles. The predicted molar refractivity (Wildman–Crippen MR) is 132 cm³/mol. The minimum Gasteiger partial charge on any atom is -0.364 e. The Labute approximate surface area is 190 Å². The molecule has 0 N–H and O–H groups in total. The van der Waals surface area contributed by atoms with Crippen molar-refractivity contribution >= 4 is 17.2 Å². The van der Waals surface area contributed by atoms with E-state index >= 15 is 0 Å². The van der Waals surface area contributed by atoms with Crippen LogP contribution in [0.1, 0.15) is 68.2 Å². The number of ether oxygens (including phenoxy) is 5. The molecule has 8 heteroatoms. The Hall–Kier alpha value is 0.620. The van der Waals surface area contributed by atoms with Crippen LogP contribution in [0.4, 0.5) is 0 Å². The molecule has 3 atom stereocenters. The Bertz CT molecular complexity index is 362. The molecule has 6 nitrogen and oxygen atoms in total. The van der Waals surface area contributed by atoms with Gasteiger partial charge in [-0.15, -0.1) is 0 Å².